The topological polar surface area (TPSA) is 111 Å². The second-order valence-electron chi connectivity index (χ2n) is 6.13. The van der Waals surface area contributed by atoms with Crippen molar-refractivity contribution in [2.75, 3.05) is 18.5 Å². The minimum Gasteiger partial charge on any atom is -0.484 e. The van der Waals surface area contributed by atoms with Gasteiger partial charge in [-0.2, -0.15) is 0 Å². The van der Waals surface area contributed by atoms with Gasteiger partial charge in [-0.3, -0.25) is 9.59 Å². The number of benzene rings is 2. The van der Waals surface area contributed by atoms with Crippen molar-refractivity contribution in [2.24, 2.45) is 0 Å². The highest BCUT2D eigenvalue weighted by Crippen LogP contribution is 2.19. The van der Waals surface area contributed by atoms with Crippen LogP contribution in [0.3, 0.4) is 0 Å². The minimum absolute atomic E-state index is 0.138. The van der Waals surface area contributed by atoms with Crippen molar-refractivity contribution in [1.29, 1.82) is 0 Å². The van der Waals surface area contributed by atoms with Gasteiger partial charge in [0, 0.05) is 11.8 Å². The average molecular weight is 380 g/mol. The SMILES string of the molecule is Cc1cccc(C)c1NC(=O)CNC(=O)COc1cccc(-n2cnnn2)c1. The van der Waals surface area contributed by atoms with E-state index in [0.717, 1.165) is 16.8 Å². The molecule has 0 atom stereocenters. The van der Waals surface area contributed by atoms with Crippen LogP contribution in [-0.2, 0) is 9.59 Å². The zero-order valence-corrected chi connectivity index (χ0v) is 15.5. The Morgan fingerprint density at radius 1 is 1.07 bits per heavy atom. The lowest BCUT2D eigenvalue weighted by Gasteiger charge is -2.12. The number of nitrogens with zero attached hydrogens (tertiary/aromatic N) is 4. The summed E-state index contributed by atoms with van der Waals surface area (Å²) in [6.07, 6.45) is 1.46. The van der Waals surface area contributed by atoms with Crippen LogP contribution >= 0.6 is 0 Å². The van der Waals surface area contributed by atoms with Gasteiger partial charge < -0.3 is 15.4 Å². The number of nitrogens with one attached hydrogen (secondary N) is 2. The minimum atomic E-state index is -0.399. The van der Waals surface area contributed by atoms with Crippen LogP contribution in [0.5, 0.6) is 5.75 Å². The molecule has 0 aliphatic heterocycles. The van der Waals surface area contributed by atoms with E-state index in [2.05, 4.69) is 26.2 Å². The number of amides is 2. The summed E-state index contributed by atoms with van der Waals surface area (Å²) >= 11 is 0. The van der Waals surface area contributed by atoms with Gasteiger partial charge in [0.15, 0.2) is 6.61 Å². The van der Waals surface area contributed by atoms with Crippen molar-refractivity contribution >= 4 is 17.5 Å². The Labute approximate surface area is 161 Å². The van der Waals surface area contributed by atoms with Gasteiger partial charge in [0.1, 0.15) is 12.1 Å². The van der Waals surface area contributed by atoms with Crippen LogP contribution in [-0.4, -0.2) is 45.2 Å². The first-order valence-corrected chi connectivity index (χ1v) is 8.62. The lowest BCUT2D eigenvalue weighted by molar-refractivity contribution is -0.125. The molecule has 3 aromatic rings. The Bertz CT molecular complexity index is 951. The van der Waals surface area contributed by atoms with Crippen molar-refractivity contribution in [3.05, 3.63) is 59.9 Å². The Morgan fingerprint density at radius 3 is 2.54 bits per heavy atom. The van der Waals surface area contributed by atoms with Gasteiger partial charge in [-0.15, -0.1) is 5.10 Å². The van der Waals surface area contributed by atoms with Crippen molar-refractivity contribution in [1.82, 2.24) is 25.5 Å². The molecule has 144 valence electrons. The van der Waals surface area contributed by atoms with E-state index < -0.39 is 5.91 Å². The van der Waals surface area contributed by atoms with Gasteiger partial charge in [0.25, 0.3) is 5.91 Å². The molecular formula is C19H20N6O3. The summed E-state index contributed by atoms with van der Waals surface area (Å²) in [6.45, 7) is 3.48. The van der Waals surface area contributed by atoms with Crippen LogP contribution in [0.4, 0.5) is 5.69 Å². The highest BCUT2D eigenvalue weighted by Gasteiger charge is 2.10. The summed E-state index contributed by atoms with van der Waals surface area (Å²) in [5, 5.41) is 16.3. The fourth-order valence-electron chi connectivity index (χ4n) is 2.57. The van der Waals surface area contributed by atoms with Crippen LogP contribution in [0, 0.1) is 13.8 Å². The van der Waals surface area contributed by atoms with Crippen molar-refractivity contribution in [2.45, 2.75) is 13.8 Å². The van der Waals surface area contributed by atoms with Crippen LogP contribution in [0.25, 0.3) is 5.69 Å². The third-order valence-electron chi connectivity index (χ3n) is 3.99. The van der Waals surface area contributed by atoms with E-state index in [4.69, 9.17) is 4.74 Å². The fourth-order valence-corrected chi connectivity index (χ4v) is 2.57. The van der Waals surface area contributed by atoms with Gasteiger partial charge in [-0.05, 0) is 47.5 Å². The molecule has 3 rings (SSSR count). The maximum atomic E-state index is 12.1. The smallest absolute Gasteiger partial charge is 0.258 e. The molecular weight excluding hydrogens is 360 g/mol. The molecule has 0 fully saturated rings. The third kappa shape index (κ3) is 4.91. The Hall–Kier alpha value is -3.75. The summed E-state index contributed by atoms with van der Waals surface area (Å²) in [4.78, 5) is 24.1. The van der Waals surface area contributed by atoms with E-state index in [0.29, 0.717) is 11.4 Å². The number of hydrogen-bond acceptors (Lipinski definition) is 6. The predicted octanol–water partition coefficient (Wildman–Crippen LogP) is 1.41. The number of ether oxygens (including phenoxy) is 1. The first-order chi connectivity index (χ1) is 13.5. The molecule has 1 heterocycles. The second kappa shape index (κ2) is 8.76. The van der Waals surface area contributed by atoms with E-state index in [9.17, 15) is 9.59 Å². The van der Waals surface area contributed by atoms with Gasteiger partial charge in [0.2, 0.25) is 5.91 Å². The monoisotopic (exact) mass is 380 g/mol. The van der Waals surface area contributed by atoms with E-state index in [1.54, 1.807) is 24.3 Å². The fraction of sp³-hybridized carbons (Fsp3) is 0.211. The quantitative estimate of drug-likeness (QED) is 0.641. The lowest BCUT2D eigenvalue weighted by Crippen LogP contribution is -2.36. The maximum Gasteiger partial charge on any atom is 0.258 e. The Kier molecular flexibility index (Phi) is 5.95. The van der Waals surface area contributed by atoms with Crippen LogP contribution in [0.15, 0.2) is 48.8 Å². The molecule has 0 aliphatic rings. The zero-order chi connectivity index (χ0) is 19.9. The van der Waals surface area contributed by atoms with E-state index in [1.165, 1.54) is 11.0 Å². The second-order valence-corrected chi connectivity index (χ2v) is 6.13. The van der Waals surface area contributed by atoms with Crippen LogP contribution in [0.1, 0.15) is 11.1 Å². The molecule has 0 bridgehead atoms. The van der Waals surface area contributed by atoms with E-state index >= 15 is 0 Å². The predicted molar refractivity (Wildman–Crippen MR) is 102 cm³/mol. The summed E-state index contributed by atoms with van der Waals surface area (Å²) < 4.78 is 6.95. The number of carbonyl (C=O) groups is 2. The number of hydrogen-bond donors (Lipinski definition) is 2. The number of para-hydroxylation sites is 1. The first kappa shape index (κ1) is 19.0. The summed E-state index contributed by atoms with van der Waals surface area (Å²) in [5.74, 6) is -0.209. The molecule has 0 saturated heterocycles. The molecule has 0 unspecified atom stereocenters. The summed E-state index contributed by atoms with van der Waals surface area (Å²) in [6, 6.07) is 12.8. The normalized spacial score (nSPS) is 10.4. The van der Waals surface area contributed by atoms with Crippen molar-refractivity contribution < 1.29 is 14.3 Å². The van der Waals surface area contributed by atoms with Gasteiger partial charge in [-0.1, -0.05) is 24.3 Å². The molecule has 0 aliphatic carbocycles. The van der Waals surface area contributed by atoms with Gasteiger partial charge in [0.05, 0.1) is 12.2 Å². The lowest BCUT2D eigenvalue weighted by atomic mass is 10.1. The molecule has 0 saturated carbocycles. The molecule has 9 heteroatoms. The maximum absolute atomic E-state index is 12.1. The molecule has 0 spiro atoms. The van der Waals surface area contributed by atoms with Gasteiger partial charge >= 0.3 is 0 Å². The molecule has 28 heavy (non-hydrogen) atoms. The number of aryl methyl sites for hydroxylation is 2. The Morgan fingerprint density at radius 2 is 1.82 bits per heavy atom. The highest BCUT2D eigenvalue weighted by molar-refractivity contribution is 5.95. The molecule has 2 amide bonds. The molecule has 1 aromatic heterocycles. The number of aromatic nitrogens is 4. The van der Waals surface area contributed by atoms with Crippen LogP contribution < -0.4 is 15.4 Å². The number of tetrazole rings is 1. The number of anilines is 1. The van der Waals surface area contributed by atoms with E-state index in [-0.39, 0.29) is 19.1 Å². The van der Waals surface area contributed by atoms with Crippen LogP contribution in [0.2, 0.25) is 0 Å². The molecule has 2 N–H and O–H groups in total. The molecule has 2 aromatic carbocycles. The third-order valence-corrected chi connectivity index (χ3v) is 3.99. The molecule has 9 nitrogen and oxygen atoms in total. The summed E-state index contributed by atoms with van der Waals surface area (Å²) in [7, 11) is 0. The highest BCUT2D eigenvalue weighted by atomic mass is 16.5. The zero-order valence-electron chi connectivity index (χ0n) is 15.5. The Balaban J connectivity index is 1.47. The van der Waals surface area contributed by atoms with Crippen molar-refractivity contribution in [3.8, 4) is 11.4 Å². The van der Waals surface area contributed by atoms with Crippen molar-refractivity contribution in [3.63, 3.8) is 0 Å². The molecule has 0 radical (unpaired) electrons. The number of rotatable bonds is 7. The largest absolute Gasteiger partial charge is 0.484 e. The first-order valence-electron chi connectivity index (χ1n) is 8.62. The summed E-state index contributed by atoms with van der Waals surface area (Å²) in [5.41, 5.74) is 3.39. The standard InChI is InChI=1S/C19H20N6O3/c1-13-5-3-6-14(2)19(13)22-17(26)10-20-18(27)11-28-16-8-4-7-15(9-16)25-12-21-23-24-25/h3-9,12H,10-11H2,1-2H3,(H,20,27)(H,22,26). The van der Waals surface area contributed by atoms with Gasteiger partial charge in [-0.25, -0.2) is 4.68 Å². The van der Waals surface area contributed by atoms with E-state index in [1.807, 2.05) is 32.0 Å². The average Bonchev–Trinajstić information content (AvgIpc) is 3.23. The number of carbonyl (C=O) groups excluding carboxylic acids is 2.